The normalized spacial score (nSPS) is 12.5. The number of alkyl halides is 3. The Hall–Kier alpha value is -2.74. The maximum atomic E-state index is 12.4. The second-order valence-electron chi connectivity index (χ2n) is 5.24. The Balaban J connectivity index is 2.43. The van der Waals surface area contributed by atoms with Crippen molar-refractivity contribution in [3.63, 3.8) is 0 Å². The van der Waals surface area contributed by atoms with E-state index in [0.29, 0.717) is 22.4 Å². The number of methoxy groups -OCH3 is 1. The van der Waals surface area contributed by atoms with Gasteiger partial charge in [-0.1, -0.05) is 18.2 Å². The average molecular weight is 355 g/mol. The third-order valence-electron chi connectivity index (χ3n) is 3.42. The highest BCUT2D eigenvalue weighted by Gasteiger charge is 2.31. The molecule has 0 saturated heterocycles. The first-order chi connectivity index (χ1) is 11.7. The fraction of sp³-hybridized carbons (Fsp3) is 0.235. The zero-order chi connectivity index (χ0) is 18.6. The molecule has 8 heteroatoms. The number of nitrogens with two attached hydrogens (primary N) is 1. The van der Waals surface area contributed by atoms with Crippen molar-refractivity contribution in [1.82, 2.24) is 0 Å². The molecule has 2 rings (SSSR count). The van der Waals surface area contributed by atoms with Crippen LogP contribution in [0.1, 0.15) is 18.0 Å². The second-order valence-corrected chi connectivity index (χ2v) is 5.24. The van der Waals surface area contributed by atoms with Crippen LogP contribution in [-0.2, 0) is 4.79 Å². The number of benzene rings is 2. The maximum Gasteiger partial charge on any atom is 0.573 e. The molecule has 0 saturated carbocycles. The highest BCUT2D eigenvalue weighted by atomic mass is 19.4. The summed E-state index contributed by atoms with van der Waals surface area (Å²) in [4.78, 5) is 10.8. The zero-order valence-electron chi connectivity index (χ0n) is 13.2. The molecule has 2 aromatic rings. The predicted molar refractivity (Wildman–Crippen MR) is 84.3 cm³/mol. The first kappa shape index (κ1) is 18.6. The molecule has 3 N–H and O–H groups in total. The summed E-state index contributed by atoms with van der Waals surface area (Å²) in [5.74, 6) is -1.01. The molecule has 0 aliphatic heterocycles. The van der Waals surface area contributed by atoms with Crippen LogP contribution in [0, 0.1) is 0 Å². The van der Waals surface area contributed by atoms with Gasteiger partial charge in [-0.2, -0.15) is 0 Å². The molecule has 5 nitrogen and oxygen atoms in total. The molecule has 0 unspecified atom stereocenters. The van der Waals surface area contributed by atoms with Crippen LogP contribution in [0.25, 0.3) is 11.1 Å². The number of carboxylic acids is 1. The summed E-state index contributed by atoms with van der Waals surface area (Å²) in [5, 5.41) is 8.85. The lowest BCUT2D eigenvalue weighted by Crippen LogP contribution is -2.17. The van der Waals surface area contributed by atoms with Crippen molar-refractivity contribution in [3.8, 4) is 22.6 Å². The zero-order valence-corrected chi connectivity index (χ0v) is 13.2. The second kappa shape index (κ2) is 7.43. The summed E-state index contributed by atoms with van der Waals surface area (Å²) in [7, 11) is 1.42. The van der Waals surface area contributed by atoms with Crippen molar-refractivity contribution in [1.29, 1.82) is 0 Å². The predicted octanol–water partition coefficient (Wildman–Crippen LogP) is 3.74. The van der Waals surface area contributed by atoms with Gasteiger partial charge in [0.15, 0.2) is 0 Å². The Kier molecular flexibility index (Phi) is 5.53. The van der Waals surface area contributed by atoms with Crippen LogP contribution in [0.4, 0.5) is 13.2 Å². The van der Waals surface area contributed by atoms with Crippen LogP contribution >= 0.6 is 0 Å². The average Bonchev–Trinajstić information content (AvgIpc) is 2.52. The minimum absolute atomic E-state index is 0.275. The third-order valence-corrected chi connectivity index (χ3v) is 3.42. The van der Waals surface area contributed by atoms with Gasteiger partial charge in [-0.15, -0.1) is 13.2 Å². The number of carbonyl (C=O) groups is 1. The van der Waals surface area contributed by atoms with Crippen LogP contribution in [-0.4, -0.2) is 24.5 Å². The Labute approximate surface area is 141 Å². The van der Waals surface area contributed by atoms with E-state index < -0.39 is 18.4 Å². The van der Waals surface area contributed by atoms with Gasteiger partial charge in [0.1, 0.15) is 11.5 Å². The van der Waals surface area contributed by atoms with Crippen LogP contribution in [0.15, 0.2) is 42.5 Å². The lowest BCUT2D eigenvalue weighted by molar-refractivity contribution is -0.274. The van der Waals surface area contributed by atoms with Gasteiger partial charge < -0.3 is 20.3 Å². The molecular weight excluding hydrogens is 339 g/mol. The molecule has 0 spiro atoms. The van der Waals surface area contributed by atoms with Gasteiger partial charge in [-0.3, -0.25) is 4.79 Å². The smallest absolute Gasteiger partial charge is 0.496 e. The lowest BCUT2D eigenvalue weighted by Gasteiger charge is -2.15. The minimum atomic E-state index is -4.80. The Morgan fingerprint density at radius 2 is 1.96 bits per heavy atom. The van der Waals surface area contributed by atoms with Crippen molar-refractivity contribution in [3.05, 3.63) is 48.0 Å². The minimum Gasteiger partial charge on any atom is -0.496 e. The van der Waals surface area contributed by atoms with E-state index in [-0.39, 0.29) is 12.2 Å². The Bertz CT molecular complexity index is 762. The Morgan fingerprint density at radius 3 is 2.56 bits per heavy atom. The highest BCUT2D eigenvalue weighted by molar-refractivity contribution is 5.73. The van der Waals surface area contributed by atoms with Crippen LogP contribution in [0.3, 0.4) is 0 Å². The lowest BCUT2D eigenvalue weighted by atomic mass is 9.97. The molecule has 0 aliphatic rings. The third kappa shape index (κ3) is 5.12. The van der Waals surface area contributed by atoms with Gasteiger partial charge in [0.25, 0.3) is 0 Å². The standard InChI is InChI=1S/C17H16F3NO4/c1-24-15-6-5-11(14(21)9-16(22)23)8-13(15)10-3-2-4-12(7-10)25-17(18,19)20/h2-8,14H,9,21H2,1H3,(H,22,23)/t14-/m0/s1. The number of hydrogen-bond acceptors (Lipinski definition) is 4. The fourth-order valence-electron chi connectivity index (χ4n) is 2.35. The van der Waals surface area contributed by atoms with E-state index in [4.69, 9.17) is 15.6 Å². The molecule has 2 aromatic carbocycles. The molecule has 0 fully saturated rings. The first-order valence-corrected chi connectivity index (χ1v) is 7.21. The van der Waals surface area contributed by atoms with Crippen molar-refractivity contribution >= 4 is 5.97 Å². The number of hydrogen-bond donors (Lipinski definition) is 2. The quantitative estimate of drug-likeness (QED) is 0.825. The van der Waals surface area contributed by atoms with Gasteiger partial charge in [-0.25, -0.2) is 0 Å². The van der Waals surface area contributed by atoms with Crippen LogP contribution in [0.5, 0.6) is 11.5 Å². The molecule has 0 amide bonds. The molecule has 0 bridgehead atoms. The fourth-order valence-corrected chi connectivity index (χ4v) is 2.35. The van der Waals surface area contributed by atoms with Gasteiger partial charge >= 0.3 is 12.3 Å². The van der Waals surface area contributed by atoms with Gasteiger partial charge in [0, 0.05) is 11.6 Å². The summed E-state index contributed by atoms with van der Waals surface area (Å²) in [6, 6.07) is 9.46. The van der Waals surface area contributed by atoms with E-state index in [2.05, 4.69) is 4.74 Å². The van der Waals surface area contributed by atoms with Crippen LogP contribution in [0.2, 0.25) is 0 Å². The molecule has 0 aliphatic carbocycles. The van der Waals surface area contributed by atoms with Crippen molar-refractivity contribution in [2.24, 2.45) is 5.73 Å². The van der Waals surface area contributed by atoms with E-state index in [1.54, 1.807) is 24.3 Å². The van der Waals surface area contributed by atoms with Crippen molar-refractivity contribution in [2.75, 3.05) is 7.11 Å². The maximum absolute atomic E-state index is 12.4. The summed E-state index contributed by atoms with van der Waals surface area (Å²) >= 11 is 0. The molecule has 1 atom stereocenters. The monoisotopic (exact) mass is 355 g/mol. The number of ether oxygens (including phenoxy) is 2. The highest BCUT2D eigenvalue weighted by Crippen LogP contribution is 2.35. The van der Waals surface area contributed by atoms with Crippen LogP contribution < -0.4 is 15.2 Å². The molecule has 25 heavy (non-hydrogen) atoms. The van der Waals surface area contributed by atoms with E-state index in [1.807, 2.05) is 0 Å². The summed E-state index contributed by atoms with van der Waals surface area (Å²) < 4.78 is 46.3. The summed E-state index contributed by atoms with van der Waals surface area (Å²) in [6.07, 6.45) is -5.07. The van der Waals surface area contributed by atoms with Gasteiger partial charge in [0.05, 0.1) is 13.5 Å². The van der Waals surface area contributed by atoms with Crippen molar-refractivity contribution in [2.45, 2.75) is 18.8 Å². The Morgan fingerprint density at radius 1 is 1.24 bits per heavy atom. The molecule has 134 valence electrons. The summed E-state index contributed by atoms with van der Waals surface area (Å²) in [6.45, 7) is 0. The number of halogens is 3. The van der Waals surface area contributed by atoms with E-state index >= 15 is 0 Å². The molecular formula is C17H16F3NO4. The number of rotatable bonds is 6. The van der Waals surface area contributed by atoms with E-state index in [1.165, 1.54) is 25.3 Å². The SMILES string of the molecule is COc1ccc([C@@H](N)CC(=O)O)cc1-c1cccc(OC(F)(F)F)c1. The van der Waals surface area contributed by atoms with Crippen molar-refractivity contribution < 1.29 is 32.5 Å². The number of aliphatic carboxylic acids is 1. The molecule has 0 heterocycles. The largest absolute Gasteiger partial charge is 0.573 e. The molecule has 0 radical (unpaired) electrons. The topological polar surface area (TPSA) is 81.8 Å². The van der Waals surface area contributed by atoms with Gasteiger partial charge in [-0.05, 0) is 35.4 Å². The first-order valence-electron chi connectivity index (χ1n) is 7.21. The van der Waals surface area contributed by atoms with E-state index in [0.717, 1.165) is 0 Å². The van der Waals surface area contributed by atoms with Gasteiger partial charge in [0.2, 0.25) is 0 Å². The van der Waals surface area contributed by atoms with E-state index in [9.17, 15) is 18.0 Å². The molecule has 0 aromatic heterocycles. The number of carboxylic acid groups (broad SMARTS) is 1. The summed E-state index contributed by atoms with van der Waals surface area (Å²) in [5.41, 5.74) is 7.28.